The Morgan fingerprint density at radius 3 is 2.71 bits per heavy atom. The van der Waals surface area contributed by atoms with E-state index in [0.717, 1.165) is 29.7 Å². The summed E-state index contributed by atoms with van der Waals surface area (Å²) in [4.78, 5) is 4.22. The lowest BCUT2D eigenvalue weighted by molar-refractivity contribution is 0.311. The summed E-state index contributed by atoms with van der Waals surface area (Å²) in [5, 5.41) is 7.07. The normalized spacial score (nSPS) is 12.7. The van der Waals surface area contributed by atoms with Crippen LogP contribution in [0.4, 0.5) is 5.69 Å². The van der Waals surface area contributed by atoms with Gasteiger partial charge in [-0.1, -0.05) is 6.92 Å². The van der Waals surface area contributed by atoms with Gasteiger partial charge in [0.15, 0.2) is 17.5 Å². The van der Waals surface area contributed by atoms with Crippen LogP contribution in [0.25, 0.3) is 0 Å². The molecular formula is C15H25N3O2S. The van der Waals surface area contributed by atoms with E-state index in [9.17, 15) is 0 Å². The predicted molar refractivity (Wildman–Crippen MR) is 92.1 cm³/mol. The van der Waals surface area contributed by atoms with Crippen molar-refractivity contribution in [1.82, 2.24) is 5.32 Å². The van der Waals surface area contributed by atoms with Crippen molar-refractivity contribution in [2.24, 2.45) is 4.99 Å². The van der Waals surface area contributed by atoms with Crippen molar-refractivity contribution in [3.05, 3.63) is 18.2 Å². The molecule has 0 aliphatic rings. The zero-order chi connectivity index (χ0) is 15.7. The molecule has 0 saturated carbocycles. The van der Waals surface area contributed by atoms with Crippen LogP contribution in [0.2, 0.25) is 0 Å². The molecule has 1 unspecified atom stereocenters. The number of nitrogens with zero attached hydrogens (tertiary/aromatic N) is 1. The Bertz CT molecular complexity index is 466. The summed E-state index contributed by atoms with van der Waals surface area (Å²) in [6.45, 7) is 5.57. The highest BCUT2D eigenvalue weighted by Gasteiger charge is 2.07. The minimum Gasteiger partial charge on any atom is -0.493 e. The molecule has 1 atom stereocenters. The smallest absolute Gasteiger partial charge is 0.195 e. The third-order valence-corrected chi connectivity index (χ3v) is 3.88. The monoisotopic (exact) mass is 311 g/mol. The van der Waals surface area contributed by atoms with Gasteiger partial charge in [0.05, 0.1) is 13.7 Å². The number of hydrogen-bond donors (Lipinski definition) is 2. The molecule has 1 rings (SSSR count). The molecule has 0 radical (unpaired) electrons. The molecule has 2 N–H and O–H groups in total. The molecule has 5 nitrogen and oxygen atoms in total. The van der Waals surface area contributed by atoms with E-state index in [1.165, 1.54) is 0 Å². The molecule has 6 heteroatoms. The van der Waals surface area contributed by atoms with Crippen LogP contribution < -0.4 is 20.1 Å². The Morgan fingerprint density at radius 2 is 2.14 bits per heavy atom. The minimum atomic E-state index is 0.526. The summed E-state index contributed by atoms with van der Waals surface area (Å²) in [6, 6.07) is 5.73. The van der Waals surface area contributed by atoms with Crippen molar-refractivity contribution in [2.75, 3.05) is 38.9 Å². The predicted octanol–water partition coefficient (Wildman–Crippen LogP) is 2.83. The minimum absolute atomic E-state index is 0.526. The van der Waals surface area contributed by atoms with Crippen LogP contribution in [0.15, 0.2) is 23.2 Å². The third kappa shape index (κ3) is 5.75. The first-order valence-electron chi connectivity index (χ1n) is 6.95. The Labute approximate surface area is 131 Å². The first-order chi connectivity index (χ1) is 10.1. The van der Waals surface area contributed by atoms with Crippen molar-refractivity contribution in [1.29, 1.82) is 0 Å². The molecule has 21 heavy (non-hydrogen) atoms. The highest BCUT2D eigenvalue weighted by atomic mass is 32.2. The number of guanidine groups is 1. The fourth-order valence-electron chi connectivity index (χ4n) is 1.66. The molecule has 0 saturated heterocycles. The summed E-state index contributed by atoms with van der Waals surface area (Å²) in [5.74, 6) is 2.18. The lowest BCUT2D eigenvalue weighted by Gasteiger charge is -2.16. The summed E-state index contributed by atoms with van der Waals surface area (Å²) in [6.07, 6.45) is 2.10. The van der Waals surface area contributed by atoms with Gasteiger partial charge >= 0.3 is 0 Å². The van der Waals surface area contributed by atoms with Crippen LogP contribution in [0.1, 0.15) is 13.8 Å². The quantitative estimate of drug-likeness (QED) is 0.599. The molecule has 1 aromatic carbocycles. The van der Waals surface area contributed by atoms with Gasteiger partial charge in [-0.15, -0.1) is 0 Å². The van der Waals surface area contributed by atoms with E-state index >= 15 is 0 Å². The molecule has 0 aromatic heterocycles. The molecule has 0 aliphatic heterocycles. The molecule has 0 spiro atoms. The number of aliphatic imine (C=N–C) groups is 1. The fraction of sp³-hybridized carbons (Fsp3) is 0.533. The summed E-state index contributed by atoms with van der Waals surface area (Å²) in [7, 11) is 3.39. The molecule has 0 heterocycles. The largest absolute Gasteiger partial charge is 0.493 e. The number of methoxy groups -OCH3 is 1. The maximum Gasteiger partial charge on any atom is 0.195 e. The van der Waals surface area contributed by atoms with E-state index < -0.39 is 0 Å². The van der Waals surface area contributed by atoms with E-state index in [1.807, 2.05) is 36.9 Å². The van der Waals surface area contributed by atoms with E-state index in [2.05, 4.69) is 28.8 Å². The number of nitrogens with one attached hydrogen (secondary N) is 2. The van der Waals surface area contributed by atoms with Crippen molar-refractivity contribution >= 4 is 23.4 Å². The van der Waals surface area contributed by atoms with Crippen LogP contribution in [0.5, 0.6) is 11.5 Å². The Kier molecular flexibility index (Phi) is 7.82. The van der Waals surface area contributed by atoms with Gasteiger partial charge < -0.3 is 20.1 Å². The summed E-state index contributed by atoms with van der Waals surface area (Å²) in [5.41, 5.74) is 0.907. The van der Waals surface area contributed by atoms with Crippen molar-refractivity contribution in [2.45, 2.75) is 19.1 Å². The van der Waals surface area contributed by atoms with Crippen molar-refractivity contribution < 1.29 is 9.47 Å². The summed E-state index contributed by atoms with van der Waals surface area (Å²) < 4.78 is 10.8. The van der Waals surface area contributed by atoms with Gasteiger partial charge in [-0.25, -0.2) is 0 Å². The fourth-order valence-corrected chi connectivity index (χ4v) is 1.91. The second-order valence-corrected chi connectivity index (χ2v) is 5.70. The Hall–Kier alpha value is -1.56. The van der Waals surface area contributed by atoms with E-state index in [4.69, 9.17) is 9.47 Å². The standard InChI is InChI=1S/C15H25N3O2S/c1-6-20-14-9-12(7-8-13(14)19-4)18-15(16-3)17-10-11(2)21-5/h7-9,11H,6,10H2,1-5H3,(H2,16,17,18). The van der Waals surface area contributed by atoms with E-state index in [1.54, 1.807) is 14.2 Å². The number of thioether (sulfide) groups is 1. The molecule has 0 aliphatic carbocycles. The molecule has 0 bridgehead atoms. The first kappa shape index (κ1) is 17.5. The molecule has 1 aromatic rings. The average molecular weight is 311 g/mol. The van der Waals surface area contributed by atoms with Gasteiger partial charge in [0.1, 0.15) is 0 Å². The Balaban J connectivity index is 2.74. The maximum absolute atomic E-state index is 5.57. The van der Waals surface area contributed by atoms with Crippen LogP contribution in [0.3, 0.4) is 0 Å². The van der Waals surface area contributed by atoms with Crippen LogP contribution in [0, 0.1) is 0 Å². The average Bonchev–Trinajstić information content (AvgIpc) is 2.51. The topological polar surface area (TPSA) is 54.9 Å². The van der Waals surface area contributed by atoms with E-state index in [0.29, 0.717) is 11.9 Å². The van der Waals surface area contributed by atoms with Crippen molar-refractivity contribution in [3.63, 3.8) is 0 Å². The highest BCUT2D eigenvalue weighted by molar-refractivity contribution is 7.99. The number of hydrogen-bond acceptors (Lipinski definition) is 4. The lowest BCUT2D eigenvalue weighted by Crippen LogP contribution is -2.34. The zero-order valence-corrected chi connectivity index (χ0v) is 14.2. The van der Waals surface area contributed by atoms with Gasteiger partial charge in [0, 0.05) is 30.6 Å². The molecule has 0 amide bonds. The first-order valence-corrected chi connectivity index (χ1v) is 8.24. The highest BCUT2D eigenvalue weighted by Crippen LogP contribution is 2.30. The SMILES string of the molecule is CCOc1cc(NC(=NC)NCC(C)SC)ccc1OC. The second kappa shape index (κ2) is 9.39. The van der Waals surface area contributed by atoms with Gasteiger partial charge in [-0.3, -0.25) is 4.99 Å². The Morgan fingerprint density at radius 1 is 1.38 bits per heavy atom. The van der Waals surface area contributed by atoms with Gasteiger partial charge in [0.2, 0.25) is 0 Å². The zero-order valence-electron chi connectivity index (χ0n) is 13.4. The van der Waals surface area contributed by atoms with Gasteiger partial charge in [-0.05, 0) is 25.3 Å². The number of rotatable bonds is 7. The number of benzene rings is 1. The van der Waals surface area contributed by atoms with E-state index in [-0.39, 0.29) is 0 Å². The molecular weight excluding hydrogens is 286 g/mol. The van der Waals surface area contributed by atoms with Gasteiger partial charge in [-0.2, -0.15) is 11.8 Å². The lowest BCUT2D eigenvalue weighted by atomic mass is 10.2. The molecule has 118 valence electrons. The van der Waals surface area contributed by atoms with Crippen molar-refractivity contribution in [3.8, 4) is 11.5 Å². The van der Waals surface area contributed by atoms with Crippen LogP contribution >= 0.6 is 11.8 Å². The maximum atomic E-state index is 5.57. The third-order valence-electron chi connectivity index (χ3n) is 2.91. The second-order valence-electron chi connectivity index (χ2n) is 4.42. The number of ether oxygens (including phenoxy) is 2. The van der Waals surface area contributed by atoms with Gasteiger partial charge in [0.25, 0.3) is 0 Å². The van der Waals surface area contributed by atoms with Crippen LogP contribution in [-0.2, 0) is 0 Å². The molecule has 0 fully saturated rings. The summed E-state index contributed by atoms with van der Waals surface area (Å²) >= 11 is 1.82. The van der Waals surface area contributed by atoms with Crippen LogP contribution in [-0.4, -0.2) is 44.8 Å². The number of anilines is 1.